The largest absolute Gasteiger partial charge is 0.343 e. The molecule has 1 aliphatic rings. The number of carbonyl (C=O) groups excluding carboxylic acids is 1. The van der Waals surface area contributed by atoms with Crippen LogP contribution in [-0.4, -0.2) is 73.4 Å². The van der Waals surface area contributed by atoms with Crippen LogP contribution in [-0.2, 0) is 4.79 Å². The van der Waals surface area contributed by atoms with E-state index in [1.54, 1.807) is 36.2 Å². The summed E-state index contributed by atoms with van der Waals surface area (Å²) in [5, 5.41) is 3.44. The minimum Gasteiger partial charge on any atom is -0.343 e. The number of hydrogen-bond donors (Lipinski definition) is 2. The number of piperazine rings is 1. The molecule has 1 aliphatic heterocycles. The van der Waals surface area contributed by atoms with E-state index in [0.717, 1.165) is 26.2 Å². The maximum atomic E-state index is 12.3. The quantitative estimate of drug-likeness (QED) is 0.581. The Kier molecular flexibility index (Phi) is 7.39. The number of hydrogen-bond acceptors (Lipinski definition) is 3. The maximum Gasteiger partial charge on any atom is 0.288 e. The molecule has 0 saturated carbocycles. The smallest absolute Gasteiger partial charge is 0.288 e. The Hall–Kier alpha value is -1.45. The van der Waals surface area contributed by atoms with Gasteiger partial charge in [0, 0.05) is 17.6 Å². The van der Waals surface area contributed by atoms with Gasteiger partial charge >= 0.3 is 0 Å². The van der Waals surface area contributed by atoms with Crippen LogP contribution in [0.5, 0.6) is 0 Å². The van der Waals surface area contributed by atoms with Gasteiger partial charge in [-0.3, -0.25) is 4.79 Å². The first-order chi connectivity index (χ1) is 11.8. The van der Waals surface area contributed by atoms with Crippen molar-refractivity contribution in [1.82, 2.24) is 9.80 Å². The zero-order valence-corrected chi connectivity index (χ0v) is 15.9. The molecule has 2 rings (SSSR count). The van der Waals surface area contributed by atoms with Gasteiger partial charge in [0.1, 0.15) is 0 Å². The van der Waals surface area contributed by atoms with E-state index in [1.165, 1.54) is 4.90 Å². The summed E-state index contributed by atoms with van der Waals surface area (Å²) < 4.78 is 24.6. The van der Waals surface area contributed by atoms with E-state index in [2.05, 4.69) is 12.4 Å². The van der Waals surface area contributed by atoms with Crippen LogP contribution < -0.4 is 10.2 Å². The highest BCUT2D eigenvalue weighted by molar-refractivity contribution is 7.99. The van der Waals surface area contributed by atoms with Gasteiger partial charge < -0.3 is 20.0 Å². The molecule has 0 unspecified atom stereocenters. The summed E-state index contributed by atoms with van der Waals surface area (Å²) >= 11 is 5.82. The van der Waals surface area contributed by atoms with Gasteiger partial charge in [-0.2, -0.15) is 8.78 Å². The number of halogens is 2. The summed E-state index contributed by atoms with van der Waals surface area (Å²) in [7, 11) is 3.88. The first-order valence-corrected chi connectivity index (χ1v) is 9.30. The highest BCUT2D eigenvalue weighted by Crippen LogP contribution is 2.26. The molecule has 1 heterocycles. The Labute approximate surface area is 156 Å². The average molecular weight is 390 g/mol. The third-order valence-electron chi connectivity index (χ3n) is 4.02. The molecule has 1 aromatic rings. The molecule has 0 radical (unpaired) electrons. The molecular formula is C16H23F2N4OS2+. The SMILES string of the molecule is CN(CC(=O)N1CC[NH+](C)CC1)C(=S)Nc1ccc(SC(F)F)cc1. The molecule has 25 heavy (non-hydrogen) atoms. The van der Waals surface area contributed by atoms with Crippen LogP contribution in [0.4, 0.5) is 14.5 Å². The Morgan fingerprint density at radius 2 is 1.96 bits per heavy atom. The molecule has 2 N–H and O–H groups in total. The number of nitrogens with one attached hydrogen (secondary N) is 2. The normalized spacial score (nSPS) is 15.3. The van der Waals surface area contributed by atoms with Crippen LogP contribution in [0.15, 0.2) is 29.2 Å². The first-order valence-electron chi connectivity index (χ1n) is 8.01. The second kappa shape index (κ2) is 9.30. The van der Waals surface area contributed by atoms with Gasteiger partial charge in [-0.25, -0.2) is 0 Å². The molecule has 0 atom stereocenters. The lowest BCUT2D eigenvalue weighted by Crippen LogP contribution is -3.12. The van der Waals surface area contributed by atoms with Crippen molar-refractivity contribution in [3.05, 3.63) is 24.3 Å². The second-order valence-electron chi connectivity index (χ2n) is 6.03. The van der Waals surface area contributed by atoms with Crippen LogP contribution >= 0.6 is 24.0 Å². The molecule has 9 heteroatoms. The van der Waals surface area contributed by atoms with Gasteiger partial charge in [-0.05, 0) is 36.5 Å². The number of nitrogens with zero attached hydrogens (tertiary/aromatic N) is 2. The number of rotatable bonds is 5. The molecule has 1 fully saturated rings. The highest BCUT2D eigenvalue weighted by atomic mass is 32.2. The lowest BCUT2D eigenvalue weighted by molar-refractivity contribution is -0.883. The van der Waals surface area contributed by atoms with Gasteiger partial charge in [0.2, 0.25) is 5.91 Å². The first kappa shape index (κ1) is 19.9. The average Bonchev–Trinajstić information content (AvgIpc) is 2.56. The number of likely N-dealkylation sites (N-methyl/N-ethyl adjacent to an activating group) is 2. The number of benzene rings is 1. The topological polar surface area (TPSA) is 40.0 Å². The summed E-state index contributed by atoms with van der Waals surface area (Å²) in [5.41, 5.74) is 0.700. The molecule has 138 valence electrons. The van der Waals surface area contributed by atoms with Crippen molar-refractivity contribution in [2.24, 2.45) is 0 Å². The Bertz CT molecular complexity index is 592. The zero-order valence-electron chi connectivity index (χ0n) is 14.3. The molecule has 5 nitrogen and oxygen atoms in total. The predicted octanol–water partition coefficient (Wildman–Crippen LogP) is 0.987. The van der Waals surface area contributed by atoms with Crippen LogP contribution in [0.3, 0.4) is 0 Å². The fraction of sp³-hybridized carbons (Fsp3) is 0.500. The maximum absolute atomic E-state index is 12.3. The number of anilines is 1. The lowest BCUT2D eigenvalue weighted by atomic mass is 10.3. The Morgan fingerprint density at radius 1 is 1.36 bits per heavy atom. The van der Waals surface area contributed by atoms with E-state index in [4.69, 9.17) is 12.2 Å². The lowest BCUT2D eigenvalue weighted by Gasteiger charge is -2.31. The van der Waals surface area contributed by atoms with E-state index in [0.29, 0.717) is 27.5 Å². The van der Waals surface area contributed by atoms with Crippen LogP contribution in [0.25, 0.3) is 0 Å². The van der Waals surface area contributed by atoms with Crippen molar-refractivity contribution >= 4 is 40.7 Å². The third kappa shape index (κ3) is 6.41. The van der Waals surface area contributed by atoms with Crippen LogP contribution in [0, 0.1) is 0 Å². The van der Waals surface area contributed by atoms with Crippen molar-refractivity contribution in [2.45, 2.75) is 10.7 Å². The fourth-order valence-electron chi connectivity index (χ4n) is 2.45. The summed E-state index contributed by atoms with van der Waals surface area (Å²) in [5.74, 6) is -2.38. The molecule has 0 aliphatic carbocycles. The molecule has 0 aromatic heterocycles. The summed E-state index contributed by atoms with van der Waals surface area (Å²) in [6.45, 7) is 3.66. The molecule has 0 bridgehead atoms. The summed E-state index contributed by atoms with van der Waals surface area (Å²) in [4.78, 5) is 17.8. The minimum absolute atomic E-state index is 0.0582. The van der Waals surface area contributed by atoms with Gasteiger partial charge in [-0.15, -0.1) is 0 Å². The second-order valence-corrected chi connectivity index (χ2v) is 7.48. The van der Waals surface area contributed by atoms with E-state index < -0.39 is 5.76 Å². The van der Waals surface area contributed by atoms with Gasteiger partial charge in [0.15, 0.2) is 5.11 Å². The van der Waals surface area contributed by atoms with Crippen molar-refractivity contribution in [2.75, 3.05) is 52.1 Å². The molecule has 1 amide bonds. The molecule has 1 saturated heterocycles. The molecule has 1 aromatic carbocycles. The fourth-order valence-corrected chi connectivity index (χ4v) is 3.13. The minimum atomic E-state index is -2.44. The van der Waals surface area contributed by atoms with Crippen LogP contribution in [0.1, 0.15) is 0 Å². The highest BCUT2D eigenvalue weighted by Gasteiger charge is 2.22. The van der Waals surface area contributed by atoms with Crippen molar-refractivity contribution in [3.63, 3.8) is 0 Å². The monoisotopic (exact) mass is 389 g/mol. The number of thiocarbonyl (C=S) groups is 1. The van der Waals surface area contributed by atoms with Gasteiger partial charge in [0.05, 0.1) is 39.8 Å². The third-order valence-corrected chi connectivity index (χ3v) is 5.16. The molecule has 0 spiro atoms. The number of thioether (sulfide) groups is 1. The molecular weight excluding hydrogens is 366 g/mol. The zero-order chi connectivity index (χ0) is 18.4. The number of amides is 1. The van der Waals surface area contributed by atoms with Gasteiger partial charge in [-0.1, -0.05) is 11.8 Å². The van der Waals surface area contributed by atoms with Crippen LogP contribution in [0.2, 0.25) is 0 Å². The van der Waals surface area contributed by atoms with Crippen molar-refractivity contribution in [1.29, 1.82) is 0 Å². The summed E-state index contributed by atoms with van der Waals surface area (Å²) in [6.07, 6.45) is 0. The Balaban J connectivity index is 1.82. The van der Waals surface area contributed by atoms with E-state index in [1.807, 2.05) is 4.90 Å². The summed E-state index contributed by atoms with van der Waals surface area (Å²) in [6, 6.07) is 6.60. The van der Waals surface area contributed by atoms with Gasteiger partial charge in [0.25, 0.3) is 5.76 Å². The number of alkyl halides is 2. The van der Waals surface area contributed by atoms with E-state index in [-0.39, 0.29) is 12.5 Å². The van der Waals surface area contributed by atoms with Crippen molar-refractivity contribution in [3.8, 4) is 0 Å². The number of quaternary nitrogens is 1. The van der Waals surface area contributed by atoms with E-state index >= 15 is 0 Å². The van der Waals surface area contributed by atoms with E-state index in [9.17, 15) is 13.6 Å². The van der Waals surface area contributed by atoms with Crippen molar-refractivity contribution < 1.29 is 18.5 Å². The predicted molar refractivity (Wildman–Crippen MR) is 100 cm³/mol. The number of carbonyl (C=O) groups is 1. The standard InChI is InChI=1S/C16H22F2N4OS2/c1-20-7-9-22(10-8-20)14(23)11-21(2)16(24)19-12-3-5-13(6-4-12)25-15(17)18/h3-6,15H,7-11H2,1-2H3,(H,19,24)/p+1. The Morgan fingerprint density at radius 3 is 2.52 bits per heavy atom.